The highest BCUT2D eigenvalue weighted by atomic mass is 32.1. The van der Waals surface area contributed by atoms with E-state index in [1.807, 2.05) is 54.6 Å². The molecule has 53 heavy (non-hydrogen) atoms. The molecule has 0 radical (unpaired) electrons. The predicted molar refractivity (Wildman–Crippen MR) is 216 cm³/mol. The Bertz CT molecular complexity index is 3140. The lowest BCUT2D eigenvalue weighted by molar-refractivity contribution is 0.620. The quantitative estimate of drug-likeness (QED) is 0.179. The molecule has 4 heterocycles. The molecular weight excluding hydrogens is 671 g/mol. The second-order valence-corrected chi connectivity index (χ2v) is 14.1. The normalized spacial score (nSPS) is 11.8. The van der Waals surface area contributed by atoms with Crippen molar-refractivity contribution >= 4 is 64.4 Å². The van der Waals surface area contributed by atoms with Crippen LogP contribution >= 0.6 is 11.3 Å². The summed E-state index contributed by atoms with van der Waals surface area (Å²) in [4.78, 5) is 20.1. The second kappa shape index (κ2) is 11.8. The zero-order valence-corrected chi connectivity index (χ0v) is 29.0. The van der Waals surface area contributed by atoms with Crippen molar-refractivity contribution in [2.75, 3.05) is 0 Å². The van der Waals surface area contributed by atoms with Gasteiger partial charge in [-0.2, -0.15) is 0 Å². The molecule has 7 heteroatoms. The Morgan fingerprint density at radius 1 is 0.453 bits per heavy atom. The summed E-state index contributed by atoms with van der Waals surface area (Å²) in [6.45, 7) is 0. The molecule has 0 saturated heterocycles. The molecule has 7 aromatic carbocycles. The summed E-state index contributed by atoms with van der Waals surface area (Å²) in [5, 5.41) is 4.88. The van der Waals surface area contributed by atoms with Crippen LogP contribution in [0.1, 0.15) is 0 Å². The Kier molecular flexibility index (Phi) is 6.62. The number of rotatable bonds is 5. The average molecular weight is 698 g/mol. The molecule has 248 valence electrons. The zero-order valence-electron chi connectivity index (χ0n) is 28.1. The van der Waals surface area contributed by atoms with Crippen molar-refractivity contribution in [3.63, 3.8) is 0 Å². The highest BCUT2D eigenvalue weighted by molar-refractivity contribution is 7.26. The van der Waals surface area contributed by atoms with Crippen molar-refractivity contribution in [1.29, 1.82) is 0 Å². The van der Waals surface area contributed by atoms with Crippen LogP contribution in [0.15, 0.2) is 168 Å². The van der Waals surface area contributed by atoms with Crippen LogP contribution in [-0.4, -0.2) is 24.5 Å². The number of nitrogens with zero attached hydrogens (tertiary/aromatic N) is 5. The van der Waals surface area contributed by atoms with Crippen LogP contribution in [0, 0.1) is 0 Å². The maximum absolute atomic E-state index is 6.49. The van der Waals surface area contributed by atoms with Crippen molar-refractivity contribution in [1.82, 2.24) is 24.5 Å². The van der Waals surface area contributed by atoms with Gasteiger partial charge < -0.3 is 8.98 Å². The van der Waals surface area contributed by atoms with Gasteiger partial charge in [0.2, 0.25) is 5.89 Å². The Morgan fingerprint density at radius 3 is 1.91 bits per heavy atom. The lowest BCUT2D eigenvalue weighted by Crippen LogP contribution is -2.00. The minimum Gasteiger partial charge on any atom is -0.436 e. The molecule has 11 aromatic rings. The third kappa shape index (κ3) is 4.86. The van der Waals surface area contributed by atoms with Gasteiger partial charge in [0, 0.05) is 58.9 Å². The lowest BCUT2D eigenvalue weighted by atomic mass is 10.1. The van der Waals surface area contributed by atoms with Crippen LogP contribution in [0.5, 0.6) is 0 Å². The number of fused-ring (bicyclic) bond motifs is 7. The monoisotopic (exact) mass is 697 g/mol. The van der Waals surface area contributed by atoms with Gasteiger partial charge in [0.1, 0.15) is 5.52 Å². The molecule has 0 bridgehead atoms. The Balaban J connectivity index is 1.03. The van der Waals surface area contributed by atoms with E-state index in [-0.39, 0.29) is 0 Å². The van der Waals surface area contributed by atoms with Gasteiger partial charge in [-0.1, -0.05) is 103 Å². The fourth-order valence-corrected chi connectivity index (χ4v) is 8.64. The third-order valence-electron chi connectivity index (χ3n) is 9.89. The van der Waals surface area contributed by atoms with E-state index in [1.165, 1.54) is 26.2 Å². The standard InChI is InChI=1S/C46H27N5OS/c1-2-12-28(13-3-1)43-48-44(50-45(49-43)36-20-11-19-35-34-18-6-9-23-41(34)53-42(35)36)29-24-25-37-40(27-29)52-46(47-37)30-14-10-15-31(26-30)51-38-21-7-4-16-32(38)33-17-5-8-22-39(33)51/h1-27H. The SMILES string of the molecule is c1ccc(-c2nc(-c3ccc4nc(-c5cccc(-n6c7ccccc7c7ccccc76)c5)oc4c3)nc(-c3cccc4c3sc3ccccc34)n2)cc1. The molecule has 11 rings (SSSR count). The molecule has 0 fully saturated rings. The van der Waals surface area contributed by atoms with E-state index in [1.54, 1.807) is 11.3 Å². The van der Waals surface area contributed by atoms with Crippen molar-refractivity contribution < 1.29 is 4.42 Å². The van der Waals surface area contributed by atoms with E-state index in [2.05, 4.69) is 114 Å². The highest BCUT2D eigenvalue weighted by Crippen LogP contribution is 2.40. The first-order valence-corrected chi connectivity index (χ1v) is 18.3. The highest BCUT2D eigenvalue weighted by Gasteiger charge is 2.18. The summed E-state index contributed by atoms with van der Waals surface area (Å²) in [5.74, 6) is 2.37. The van der Waals surface area contributed by atoms with Crippen LogP contribution < -0.4 is 0 Å². The van der Waals surface area contributed by atoms with Crippen molar-refractivity contribution in [3.05, 3.63) is 164 Å². The van der Waals surface area contributed by atoms with Crippen LogP contribution in [0.3, 0.4) is 0 Å². The van der Waals surface area contributed by atoms with E-state index in [0.29, 0.717) is 28.9 Å². The minimum absolute atomic E-state index is 0.553. The van der Waals surface area contributed by atoms with Crippen molar-refractivity contribution in [3.8, 4) is 51.3 Å². The molecule has 0 spiro atoms. The predicted octanol–water partition coefficient (Wildman–Crippen LogP) is 12.1. The van der Waals surface area contributed by atoms with Gasteiger partial charge in [-0.3, -0.25) is 0 Å². The first kappa shape index (κ1) is 29.7. The number of thiophene rings is 1. The van der Waals surface area contributed by atoms with Crippen LogP contribution in [0.25, 0.3) is 104 Å². The molecule has 4 aromatic heterocycles. The van der Waals surface area contributed by atoms with Gasteiger partial charge in [0.15, 0.2) is 23.1 Å². The summed E-state index contributed by atoms with van der Waals surface area (Å²) in [6, 6.07) is 56.3. The number of hydrogen-bond donors (Lipinski definition) is 0. The second-order valence-electron chi connectivity index (χ2n) is 13.1. The third-order valence-corrected chi connectivity index (χ3v) is 11.1. The average Bonchev–Trinajstić information content (AvgIpc) is 3.93. The van der Waals surface area contributed by atoms with E-state index < -0.39 is 0 Å². The van der Waals surface area contributed by atoms with Gasteiger partial charge in [0.25, 0.3) is 0 Å². The summed E-state index contributed by atoms with van der Waals surface area (Å²) in [7, 11) is 0. The van der Waals surface area contributed by atoms with Crippen molar-refractivity contribution in [2.45, 2.75) is 0 Å². The number of oxazole rings is 1. The van der Waals surface area contributed by atoms with Crippen molar-refractivity contribution in [2.24, 2.45) is 0 Å². The minimum atomic E-state index is 0.553. The molecule has 0 amide bonds. The number of benzene rings is 7. The van der Waals surface area contributed by atoms with Gasteiger partial charge in [-0.15, -0.1) is 11.3 Å². The molecule has 6 nitrogen and oxygen atoms in total. The summed E-state index contributed by atoms with van der Waals surface area (Å²) >= 11 is 1.76. The zero-order chi connectivity index (χ0) is 34.9. The summed E-state index contributed by atoms with van der Waals surface area (Å²) < 4.78 is 11.2. The smallest absolute Gasteiger partial charge is 0.227 e. The van der Waals surface area contributed by atoms with Crippen LogP contribution in [-0.2, 0) is 0 Å². The molecular formula is C46H27N5OS. The van der Waals surface area contributed by atoms with E-state index in [9.17, 15) is 0 Å². The molecule has 0 atom stereocenters. The van der Waals surface area contributed by atoms with E-state index >= 15 is 0 Å². The van der Waals surface area contributed by atoms with Crippen LogP contribution in [0.2, 0.25) is 0 Å². The first-order valence-electron chi connectivity index (χ1n) is 17.5. The number of para-hydroxylation sites is 2. The maximum atomic E-state index is 6.49. The first-order chi connectivity index (χ1) is 26.2. The number of aromatic nitrogens is 5. The van der Waals surface area contributed by atoms with Gasteiger partial charge in [-0.05, 0) is 60.7 Å². The Morgan fingerprint density at radius 2 is 1.09 bits per heavy atom. The molecule has 0 N–H and O–H groups in total. The Labute approximate surface area is 307 Å². The van der Waals surface area contributed by atoms with Gasteiger partial charge >= 0.3 is 0 Å². The molecule has 0 saturated carbocycles. The van der Waals surface area contributed by atoms with Gasteiger partial charge in [0.05, 0.1) is 11.0 Å². The molecule has 0 aliphatic heterocycles. The van der Waals surface area contributed by atoms with E-state index in [4.69, 9.17) is 24.4 Å². The number of hydrogen-bond acceptors (Lipinski definition) is 6. The van der Waals surface area contributed by atoms with E-state index in [0.717, 1.165) is 49.2 Å². The maximum Gasteiger partial charge on any atom is 0.227 e. The largest absolute Gasteiger partial charge is 0.436 e. The van der Waals surface area contributed by atoms with Gasteiger partial charge in [-0.25, -0.2) is 19.9 Å². The molecule has 0 aliphatic rings. The summed E-state index contributed by atoms with van der Waals surface area (Å²) in [6.07, 6.45) is 0. The Hall–Kier alpha value is -6.96. The fourth-order valence-electron chi connectivity index (χ4n) is 7.43. The van der Waals surface area contributed by atoms with Crippen LogP contribution in [0.4, 0.5) is 0 Å². The fraction of sp³-hybridized carbons (Fsp3) is 0. The molecule has 0 unspecified atom stereocenters. The summed E-state index contributed by atoms with van der Waals surface area (Å²) in [5.41, 5.74) is 8.40. The topological polar surface area (TPSA) is 69.6 Å². The molecule has 0 aliphatic carbocycles. The lowest BCUT2D eigenvalue weighted by Gasteiger charge is -2.09.